The lowest BCUT2D eigenvalue weighted by atomic mass is 10.1. The summed E-state index contributed by atoms with van der Waals surface area (Å²) in [5.41, 5.74) is 0.725. The molecule has 0 aliphatic rings. The molecule has 0 saturated heterocycles. The predicted molar refractivity (Wildman–Crippen MR) is 80.7 cm³/mol. The molecule has 0 fully saturated rings. The van der Waals surface area contributed by atoms with Crippen molar-refractivity contribution in [2.24, 2.45) is 5.92 Å². The van der Waals surface area contributed by atoms with Crippen LogP contribution in [0.15, 0.2) is 41.1 Å². The highest BCUT2D eigenvalue weighted by molar-refractivity contribution is 9.10. The molecule has 106 valence electrons. The van der Waals surface area contributed by atoms with E-state index in [-0.39, 0.29) is 11.8 Å². The number of carbonyl (C=O) groups is 1. The van der Waals surface area contributed by atoms with Gasteiger partial charge in [-0.2, -0.15) is 5.10 Å². The van der Waals surface area contributed by atoms with Gasteiger partial charge in [0.25, 0.3) is 0 Å². The molecule has 2 aromatic rings. The number of amides is 1. The van der Waals surface area contributed by atoms with E-state index in [1.54, 1.807) is 24.1 Å². The number of ether oxygens (including phenoxy) is 1. The van der Waals surface area contributed by atoms with Crippen molar-refractivity contribution in [3.63, 3.8) is 0 Å². The molecule has 1 aromatic carbocycles. The van der Waals surface area contributed by atoms with Crippen LogP contribution in [0.25, 0.3) is 0 Å². The highest BCUT2D eigenvalue weighted by Gasteiger charge is 2.14. The molecule has 0 unspecified atom stereocenters. The number of hydrogen-bond donors (Lipinski definition) is 1. The van der Waals surface area contributed by atoms with Crippen LogP contribution in [0.3, 0.4) is 0 Å². The highest BCUT2D eigenvalue weighted by Crippen LogP contribution is 2.17. The minimum atomic E-state index is -0.187. The van der Waals surface area contributed by atoms with Gasteiger partial charge in [-0.05, 0) is 28.1 Å². The lowest BCUT2D eigenvalue weighted by Gasteiger charge is -2.12. The summed E-state index contributed by atoms with van der Waals surface area (Å²) in [6.45, 7) is 2.40. The molecule has 1 aromatic heterocycles. The molecule has 0 spiro atoms. The Morgan fingerprint density at radius 3 is 3.00 bits per heavy atom. The topological polar surface area (TPSA) is 56.1 Å². The van der Waals surface area contributed by atoms with E-state index in [2.05, 4.69) is 26.3 Å². The zero-order valence-corrected chi connectivity index (χ0v) is 12.9. The lowest BCUT2D eigenvalue weighted by Crippen LogP contribution is -2.24. The summed E-state index contributed by atoms with van der Waals surface area (Å²) in [5.74, 6) is 0.476. The number of hydrogen-bond acceptors (Lipinski definition) is 3. The van der Waals surface area contributed by atoms with Gasteiger partial charge in [0, 0.05) is 18.0 Å². The number of nitrogens with zero attached hydrogens (tertiary/aromatic N) is 2. The summed E-state index contributed by atoms with van der Waals surface area (Å²) >= 11 is 3.33. The van der Waals surface area contributed by atoms with Gasteiger partial charge < -0.3 is 10.1 Å². The minimum Gasteiger partial charge on any atom is -0.497 e. The van der Waals surface area contributed by atoms with Gasteiger partial charge in [-0.1, -0.05) is 13.0 Å². The normalized spacial score (nSPS) is 11.9. The van der Waals surface area contributed by atoms with Crippen molar-refractivity contribution in [2.75, 3.05) is 12.4 Å². The van der Waals surface area contributed by atoms with Crippen molar-refractivity contribution < 1.29 is 9.53 Å². The maximum absolute atomic E-state index is 12.1. The first kappa shape index (κ1) is 14.6. The van der Waals surface area contributed by atoms with Crippen molar-refractivity contribution in [1.82, 2.24) is 9.78 Å². The van der Waals surface area contributed by atoms with Gasteiger partial charge in [-0.15, -0.1) is 0 Å². The molecule has 0 saturated carbocycles. The van der Waals surface area contributed by atoms with Gasteiger partial charge in [0.05, 0.1) is 30.2 Å². The van der Waals surface area contributed by atoms with E-state index in [1.165, 1.54) is 0 Å². The Labute approximate surface area is 126 Å². The van der Waals surface area contributed by atoms with E-state index in [0.29, 0.717) is 12.3 Å². The first-order chi connectivity index (χ1) is 9.58. The number of aromatic nitrogens is 2. The second-order valence-corrected chi connectivity index (χ2v) is 5.42. The second-order valence-electron chi connectivity index (χ2n) is 4.50. The Balaban J connectivity index is 1.96. The third-order valence-corrected chi connectivity index (χ3v) is 3.26. The van der Waals surface area contributed by atoms with Crippen LogP contribution >= 0.6 is 15.9 Å². The zero-order valence-electron chi connectivity index (χ0n) is 11.3. The highest BCUT2D eigenvalue weighted by atomic mass is 79.9. The van der Waals surface area contributed by atoms with Crippen LogP contribution in [0.4, 0.5) is 5.69 Å². The fourth-order valence-electron chi connectivity index (χ4n) is 1.77. The molecule has 1 atom stereocenters. The van der Waals surface area contributed by atoms with E-state index >= 15 is 0 Å². The van der Waals surface area contributed by atoms with Gasteiger partial charge in [0.2, 0.25) is 5.91 Å². The zero-order chi connectivity index (χ0) is 14.5. The number of nitrogens with one attached hydrogen (secondary N) is 1. The first-order valence-electron chi connectivity index (χ1n) is 6.21. The monoisotopic (exact) mass is 337 g/mol. The molecule has 1 heterocycles. The minimum absolute atomic E-state index is 0.0510. The summed E-state index contributed by atoms with van der Waals surface area (Å²) in [7, 11) is 1.60. The van der Waals surface area contributed by atoms with Gasteiger partial charge in [0.15, 0.2) is 0 Å². The average molecular weight is 338 g/mol. The van der Waals surface area contributed by atoms with Crippen molar-refractivity contribution in [3.05, 3.63) is 41.1 Å². The van der Waals surface area contributed by atoms with Crippen molar-refractivity contribution >= 4 is 27.5 Å². The number of halogens is 1. The molecular formula is C14H16BrN3O2. The van der Waals surface area contributed by atoms with Crippen LogP contribution < -0.4 is 10.1 Å². The third-order valence-electron chi connectivity index (χ3n) is 2.85. The van der Waals surface area contributed by atoms with Gasteiger partial charge in [0.1, 0.15) is 5.75 Å². The van der Waals surface area contributed by atoms with Gasteiger partial charge >= 0.3 is 0 Å². The molecular weight excluding hydrogens is 322 g/mol. The summed E-state index contributed by atoms with van der Waals surface area (Å²) < 4.78 is 7.76. The lowest BCUT2D eigenvalue weighted by molar-refractivity contribution is -0.119. The van der Waals surface area contributed by atoms with Crippen molar-refractivity contribution in [2.45, 2.75) is 13.5 Å². The molecule has 0 aliphatic carbocycles. The fraction of sp³-hybridized carbons (Fsp3) is 0.286. The SMILES string of the molecule is COc1cccc(NC(=O)[C@@H](C)Cn2cc(Br)cn2)c1. The number of methoxy groups -OCH3 is 1. The largest absolute Gasteiger partial charge is 0.497 e. The Morgan fingerprint density at radius 1 is 1.55 bits per heavy atom. The van der Waals surface area contributed by atoms with E-state index < -0.39 is 0 Å². The Hall–Kier alpha value is -1.82. The van der Waals surface area contributed by atoms with Crippen LogP contribution in [0, 0.1) is 5.92 Å². The van der Waals surface area contributed by atoms with Crippen LogP contribution in [0.5, 0.6) is 5.75 Å². The number of anilines is 1. The van der Waals surface area contributed by atoms with Crippen LogP contribution in [0.1, 0.15) is 6.92 Å². The Kier molecular flexibility index (Phi) is 4.79. The molecule has 0 bridgehead atoms. The predicted octanol–water partition coefficient (Wildman–Crippen LogP) is 2.93. The first-order valence-corrected chi connectivity index (χ1v) is 7.00. The van der Waals surface area contributed by atoms with Crippen LogP contribution in [-0.4, -0.2) is 22.8 Å². The Bertz CT molecular complexity index is 598. The smallest absolute Gasteiger partial charge is 0.229 e. The second kappa shape index (κ2) is 6.56. The molecule has 2 rings (SSSR count). The number of benzene rings is 1. The molecule has 0 radical (unpaired) electrons. The van der Waals surface area contributed by atoms with Gasteiger partial charge in [-0.3, -0.25) is 9.48 Å². The molecule has 1 N–H and O–H groups in total. The Morgan fingerprint density at radius 2 is 2.35 bits per heavy atom. The van der Waals surface area contributed by atoms with E-state index in [0.717, 1.165) is 10.2 Å². The standard InChI is InChI=1S/C14H16BrN3O2/c1-10(8-18-9-11(15)7-16-18)14(19)17-12-4-3-5-13(6-12)20-2/h3-7,9-10H,8H2,1-2H3,(H,17,19)/t10-/m0/s1. The molecule has 6 heteroatoms. The van der Waals surface area contributed by atoms with E-state index in [9.17, 15) is 4.79 Å². The van der Waals surface area contributed by atoms with E-state index in [4.69, 9.17) is 4.74 Å². The summed E-state index contributed by atoms with van der Waals surface area (Å²) in [4.78, 5) is 12.1. The summed E-state index contributed by atoms with van der Waals surface area (Å²) in [6, 6.07) is 7.29. The molecule has 5 nitrogen and oxygen atoms in total. The number of rotatable bonds is 5. The van der Waals surface area contributed by atoms with Crippen LogP contribution in [0.2, 0.25) is 0 Å². The molecule has 1 amide bonds. The average Bonchev–Trinajstić information content (AvgIpc) is 2.84. The van der Waals surface area contributed by atoms with Gasteiger partial charge in [-0.25, -0.2) is 0 Å². The van der Waals surface area contributed by atoms with Crippen molar-refractivity contribution in [3.8, 4) is 5.75 Å². The summed E-state index contributed by atoms with van der Waals surface area (Å²) in [5, 5.41) is 7.01. The third kappa shape index (κ3) is 3.84. The quantitative estimate of drug-likeness (QED) is 0.912. The fourth-order valence-corrected chi connectivity index (χ4v) is 2.10. The molecule has 20 heavy (non-hydrogen) atoms. The maximum Gasteiger partial charge on any atom is 0.229 e. The van der Waals surface area contributed by atoms with Crippen LogP contribution in [-0.2, 0) is 11.3 Å². The van der Waals surface area contributed by atoms with E-state index in [1.807, 2.05) is 31.3 Å². The molecule has 0 aliphatic heterocycles. The number of carbonyl (C=O) groups excluding carboxylic acids is 1. The van der Waals surface area contributed by atoms with Crippen molar-refractivity contribution in [1.29, 1.82) is 0 Å². The maximum atomic E-state index is 12.1. The summed E-state index contributed by atoms with van der Waals surface area (Å²) in [6.07, 6.45) is 3.54.